The van der Waals surface area contributed by atoms with Crippen LogP contribution in [0.1, 0.15) is 18.5 Å². The third kappa shape index (κ3) is 3.86. The highest BCUT2D eigenvalue weighted by molar-refractivity contribution is 7.91. The van der Waals surface area contributed by atoms with Gasteiger partial charge in [-0.1, -0.05) is 23.7 Å². The number of carbonyl (C=O) groups is 1. The summed E-state index contributed by atoms with van der Waals surface area (Å²) in [6, 6.07) is 8.98. The molecule has 26 heavy (non-hydrogen) atoms. The summed E-state index contributed by atoms with van der Waals surface area (Å²) in [4.78, 5) is 12.2. The summed E-state index contributed by atoms with van der Waals surface area (Å²) in [5.74, 6) is 1.27. The van der Waals surface area contributed by atoms with Crippen LogP contribution in [0.2, 0.25) is 5.02 Å². The minimum atomic E-state index is -3.60. The summed E-state index contributed by atoms with van der Waals surface area (Å²) >= 11 is 5.98. The van der Waals surface area contributed by atoms with E-state index in [2.05, 4.69) is 10.6 Å². The van der Waals surface area contributed by atoms with Gasteiger partial charge in [-0.05, 0) is 36.8 Å². The monoisotopic (exact) mass is 396 g/mol. The van der Waals surface area contributed by atoms with Crippen LogP contribution >= 0.6 is 11.6 Å². The van der Waals surface area contributed by atoms with E-state index in [9.17, 15) is 13.2 Å². The Kier molecular flexibility index (Phi) is 4.97. The minimum Gasteiger partial charge on any atom is -0.454 e. The number of urea groups is 1. The SMILES string of the molecule is CC(NC(=O)Nc1cccc(Cl)c1S(C)(=O)=O)c1ccc2c(c1)OCO2. The third-order valence-electron chi connectivity index (χ3n) is 3.83. The zero-order valence-electron chi connectivity index (χ0n) is 14.1. The molecule has 0 saturated carbocycles. The first kappa shape index (κ1) is 18.3. The molecule has 2 aromatic carbocycles. The third-order valence-corrected chi connectivity index (χ3v) is 5.44. The van der Waals surface area contributed by atoms with Gasteiger partial charge in [0, 0.05) is 6.26 Å². The lowest BCUT2D eigenvalue weighted by molar-refractivity contribution is 0.174. The molecular weight excluding hydrogens is 380 g/mol. The zero-order valence-corrected chi connectivity index (χ0v) is 15.6. The number of fused-ring (bicyclic) bond motifs is 1. The molecule has 1 aliphatic rings. The number of halogens is 1. The topological polar surface area (TPSA) is 93.7 Å². The van der Waals surface area contributed by atoms with E-state index < -0.39 is 15.9 Å². The van der Waals surface area contributed by atoms with Gasteiger partial charge in [0.15, 0.2) is 21.3 Å². The van der Waals surface area contributed by atoms with Crippen LogP contribution in [0.4, 0.5) is 10.5 Å². The molecule has 0 aliphatic carbocycles. The smallest absolute Gasteiger partial charge is 0.319 e. The van der Waals surface area contributed by atoms with Crippen molar-refractivity contribution in [2.75, 3.05) is 18.4 Å². The number of amides is 2. The first-order chi connectivity index (χ1) is 12.3. The fourth-order valence-electron chi connectivity index (χ4n) is 2.60. The highest BCUT2D eigenvalue weighted by atomic mass is 35.5. The van der Waals surface area contributed by atoms with E-state index in [1.165, 1.54) is 12.1 Å². The second-order valence-electron chi connectivity index (χ2n) is 5.82. The number of carbonyl (C=O) groups excluding carboxylic acids is 1. The Labute approximate surface area is 156 Å². The molecule has 0 aromatic heterocycles. The van der Waals surface area contributed by atoms with E-state index in [-0.39, 0.29) is 28.4 Å². The average molecular weight is 397 g/mol. The fraction of sp³-hybridized carbons (Fsp3) is 0.235. The van der Waals surface area contributed by atoms with Crippen molar-refractivity contribution in [2.24, 2.45) is 0 Å². The van der Waals surface area contributed by atoms with Crippen molar-refractivity contribution in [3.05, 3.63) is 47.0 Å². The Balaban J connectivity index is 1.75. The van der Waals surface area contributed by atoms with Crippen LogP contribution in [-0.2, 0) is 9.84 Å². The minimum absolute atomic E-state index is 0.0501. The molecule has 0 spiro atoms. The highest BCUT2D eigenvalue weighted by Crippen LogP contribution is 2.34. The molecule has 9 heteroatoms. The van der Waals surface area contributed by atoms with Crippen LogP contribution in [0.15, 0.2) is 41.3 Å². The van der Waals surface area contributed by atoms with Gasteiger partial charge < -0.3 is 20.1 Å². The van der Waals surface area contributed by atoms with Gasteiger partial charge in [0.05, 0.1) is 16.8 Å². The number of anilines is 1. The lowest BCUT2D eigenvalue weighted by Gasteiger charge is -2.17. The van der Waals surface area contributed by atoms with E-state index in [1.807, 2.05) is 6.07 Å². The molecule has 2 amide bonds. The maximum Gasteiger partial charge on any atom is 0.319 e. The summed E-state index contributed by atoms with van der Waals surface area (Å²) in [6.07, 6.45) is 1.03. The quantitative estimate of drug-likeness (QED) is 0.826. The molecular formula is C17H17ClN2O5S. The van der Waals surface area contributed by atoms with Gasteiger partial charge in [-0.15, -0.1) is 0 Å². The van der Waals surface area contributed by atoms with Crippen LogP contribution in [0, 0.1) is 0 Å². The largest absolute Gasteiger partial charge is 0.454 e. The number of ether oxygens (including phenoxy) is 2. The van der Waals surface area contributed by atoms with E-state index in [4.69, 9.17) is 21.1 Å². The Morgan fingerprint density at radius 2 is 1.92 bits per heavy atom. The van der Waals surface area contributed by atoms with Crippen molar-refractivity contribution >= 4 is 33.2 Å². The van der Waals surface area contributed by atoms with Crippen molar-refractivity contribution in [2.45, 2.75) is 17.9 Å². The molecule has 0 bridgehead atoms. The number of benzene rings is 2. The van der Waals surface area contributed by atoms with Gasteiger partial charge in [0.25, 0.3) is 0 Å². The van der Waals surface area contributed by atoms with Crippen molar-refractivity contribution in [3.8, 4) is 11.5 Å². The number of hydrogen-bond acceptors (Lipinski definition) is 5. The Hall–Kier alpha value is -2.45. The molecule has 0 saturated heterocycles. The van der Waals surface area contributed by atoms with E-state index in [0.29, 0.717) is 11.5 Å². The molecule has 7 nitrogen and oxygen atoms in total. The number of sulfone groups is 1. The lowest BCUT2D eigenvalue weighted by Crippen LogP contribution is -2.31. The zero-order chi connectivity index (χ0) is 18.9. The molecule has 1 unspecified atom stereocenters. The summed E-state index contributed by atoms with van der Waals surface area (Å²) in [6.45, 7) is 1.97. The summed E-state index contributed by atoms with van der Waals surface area (Å²) in [5, 5.41) is 5.34. The van der Waals surface area contributed by atoms with Crippen LogP contribution in [-0.4, -0.2) is 27.5 Å². The molecule has 1 atom stereocenters. The second kappa shape index (κ2) is 7.05. The predicted octanol–water partition coefficient (Wildman–Crippen LogP) is 3.35. The van der Waals surface area contributed by atoms with Gasteiger partial charge >= 0.3 is 6.03 Å². The van der Waals surface area contributed by atoms with Crippen LogP contribution in [0.5, 0.6) is 11.5 Å². The molecule has 1 heterocycles. The molecule has 2 N–H and O–H groups in total. The molecule has 138 valence electrons. The van der Waals surface area contributed by atoms with Gasteiger partial charge in [0.2, 0.25) is 6.79 Å². The van der Waals surface area contributed by atoms with Crippen LogP contribution in [0.25, 0.3) is 0 Å². The fourth-order valence-corrected chi connectivity index (χ4v) is 4.14. The number of nitrogens with one attached hydrogen (secondary N) is 2. The molecule has 0 fully saturated rings. The summed E-state index contributed by atoms with van der Waals surface area (Å²) in [5.41, 5.74) is 0.939. The van der Waals surface area contributed by atoms with Crippen molar-refractivity contribution in [1.29, 1.82) is 0 Å². The van der Waals surface area contributed by atoms with Crippen molar-refractivity contribution in [1.82, 2.24) is 5.32 Å². The number of hydrogen-bond donors (Lipinski definition) is 2. The summed E-state index contributed by atoms with van der Waals surface area (Å²) < 4.78 is 34.4. The molecule has 0 radical (unpaired) electrons. The molecule has 3 rings (SSSR count). The predicted molar refractivity (Wildman–Crippen MR) is 97.7 cm³/mol. The Morgan fingerprint density at radius 1 is 1.19 bits per heavy atom. The van der Waals surface area contributed by atoms with Crippen LogP contribution < -0.4 is 20.1 Å². The first-order valence-electron chi connectivity index (χ1n) is 7.71. The van der Waals surface area contributed by atoms with Crippen molar-refractivity contribution < 1.29 is 22.7 Å². The van der Waals surface area contributed by atoms with Crippen molar-refractivity contribution in [3.63, 3.8) is 0 Å². The standard InChI is InChI=1S/C17H17ClN2O5S/c1-10(11-6-7-14-15(8-11)25-9-24-14)19-17(21)20-13-5-3-4-12(18)16(13)26(2,22)23/h3-8,10H,9H2,1-2H3,(H2,19,20,21). The number of rotatable bonds is 4. The lowest BCUT2D eigenvalue weighted by atomic mass is 10.1. The highest BCUT2D eigenvalue weighted by Gasteiger charge is 2.20. The molecule has 1 aliphatic heterocycles. The second-order valence-corrected chi connectivity index (χ2v) is 8.18. The summed E-state index contributed by atoms with van der Waals surface area (Å²) in [7, 11) is -3.60. The normalized spacial score (nSPS) is 14.0. The van der Waals surface area contributed by atoms with E-state index >= 15 is 0 Å². The first-order valence-corrected chi connectivity index (χ1v) is 9.98. The van der Waals surface area contributed by atoms with Gasteiger partial charge in [-0.3, -0.25) is 0 Å². The van der Waals surface area contributed by atoms with Crippen LogP contribution in [0.3, 0.4) is 0 Å². The van der Waals surface area contributed by atoms with Gasteiger partial charge in [-0.2, -0.15) is 0 Å². The van der Waals surface area contributed by atoms with Gasteiger partial charge in [0.1, 0.15) is 4.90 Å². The molecule has 2 aromatic rings. The maximum absolute atomic E-state index is 12.3. The Morgan fingerprint density at radius 3 is 2.65 bits per heavy atom. The van der Waals surface area contributed by atoms with E-state index in [1.54, 1.807) is 25.1 Å². The Bertz CT molecular complexity index is 962. The van der Waals surface area contributed by atoms with E-state index in [0.717, 1.165) is 11.8 Å². The maximum atomic E-state index is 12.3. The average Bonchev–Trinajstić information content (AvgIpc) is 3.00. The van der Waals surface area contributed by atoms with Gasteiger partial charge in [-0.25, -0.2) is 13.2 Å².